The van der Waals surface area contributed by atoms with E-state index in [1.54, 1.807) is 20.8 Å². The van der Waals surface area contributed by atoms with Crippen LogP contribution in [0.15, 0.2) is 0 Å². The minimum atomic E-state index is -1.42. The predicted octanol–water partition coefficient (Wildman–Crippen LogP) is 3.39. The fraction of sp³-hybridized carbons (Fsp3) is 0.867. The van der Waals surface area contributed by atoms with Crippen molar-refractivity contribution in [2.45, 2.75) is 71.8 Å². The molecular weight excluding hydrogens is 244 g/mol. The van der Waals surface area contributed by atoms with Crippen molar-refractivity contribution in [1.82, 2.24) is 0 Å². The standard InChI is InChI=1S/C15H26O4/c1-14(2,3)19-13(18)15(4,12(16)17)10-11-8-6-5-7-9-11/h11H,5-10H2,1-4H3,(H,16,17)/t15-/m1/s1. The highest BCUT2D eigenvalue weighted by Gasteiger charge is 2.46. The smallest absolute Gasteiger partial charge is 0.323 e. The van der Waals surface area contributed by atoms with Gasteiger partial charge in [0.05, 0.1) is 0 Å². The molecule has 0 aromatic heterocycles. The van der Waals surface area contributed by atoms with Gasteiger partial charge in [0, 0.05) is 0 Å². The van der Waals surface area contributed by atoms with Crippen LogP contribution in [0.25, 0.3) is 0 Å². The average molecular weight is 270 g/mol. The van der Waals surface area contributed by atoms with E-state index in [9.17, 15) is 14.7 Å². The highest BCUT2D eigenvalue weighted by molar-refractivity contribution is 5.98. The minimum absolute atomic E-state index is 0.322. The SMILES string of the molecule is CC(C)(C)OC(=O)[C@](C)(CC1CCCCC1)C(=O)O. The summed E-state index contributed by atoms with van der Waals surface area (Å²) in [5.41, 5.74) is -2.07. The second-order valence-corrected chi connectivity index (χ2v) is 6.85. The number of carboxylic acids is 1. The maximum Gasteiger partial charge on any atom is 0.323 e. The lowest BCUT2D eigenvalue weighted by atomic mass is 9.75. The van der Waals surface area contributed by atoms with Crippen LogP contribution < -0.4 is 0 Å². The highest BCUT2D eigenvalue weighted by atomic mass is 16.6. The molecule has 1 fully saturated rings. The zero-order valence-electron chi connectivity index (χ0n) is 12.5. The summed E-state index contributed by atoms with van der Waals surface area (Å²) in [5, 5.41) is 9.43. The third-order valence-corrected chi connectivity index (χ3v) is 3.74. The Morgan fingerprint density at radius 1 is 1.11 bits per heavy atom. The van der Waals surface area contributed by atoms with E-state index in [-0.39, 0.29) is 0 Å². The average Bonchev–Trinajstić information content (AvgIpc) is 2.27. The molecule has 110 valence electrons. The van der Waals surface area contributed by atoms with Crippen LogP contribution in [0.5, 0.6) is 0 Å². The zero-order valence-corrected chi connectivity index (χ0v) is 12.5. The molecule has 0 aromatic rings. The van der Waals surface area contributed by atoms with Crippen molar-refractivity contribution >= 4 is 11.9 Å². The first kappa shape index (κ1) is 16.0. The summed E-state index contributed by atoms with van der Waals surface area (Å²) >= 11 is 0. The molecule has 0 heterocycles. The lowest BCUT2D eigenvalue weighted by molar-refractivity contribution is -0.177. The first-order valence-corrected chi connectivity index (χ1v) is 7.12. The van der Waals surface area contributed by atoms with Gasteiger partial charge in [-0.3, -0.25) is 9.59 Å². The molecule has 1 N–H and O–H groups in total. The van der Waals surface area contributed by atoms with Gasteiger partial charge in [-0.05, 0) is 40.0 Å². The summed E-state index contributed by atoms with van der Waals surface area (Å²) < 4.78 is 5.29. The first-order valence-electron chi connectivity index (χ1n) is 7.12. The molecule has 19 heavy (non-hydrogen) atoms. The van der Waals surface area contributed by atoms with Crippen molar-refractivity contribution < 1.29 is 19.4 Å². The highest BCUT2D eigenvalue weighted by Crippen LogP contribution is 2.36. The summed E-state index contributed by atoms with van der Waals surface area (Å²) in [6, 6.07) is 0. The van der Waals surface area contributed by atoms with Crippen LogP contribution in [0.3, 0.4) is 0 Å². The molecule has 4 nitrogen and oxygen atoms in total. The topological polar surface area (TPSA) is 63.6 Å². The number of aliphatic carboxylic acids is 1. The fourth-order valence-electron chi connectivity index (χ4n) is 2.62. The summed E-state index contributed by atoms with van der Waals surface area (Å²) in [5.74, 6) is -1.37. The quantitative estimate of drug-likeness (QED) is 0.628. The van der Waals surface area contributed by atoms with Gasteiger partial charge < -0.3 is 9.84 Å². The number of carboxylic acid groups (broad SMARTS) is 1. The Balaban J connectivity index is 2.78. The van der Waals surface area contributed by atoms with Gasteiger partial charge in [0.2, 0.25) is 0 Å². The normalized spacial score (nSPS) is 20.6. The van der Waals surface area contributed by atoms with Crippen molar-refractivity contribution in [2.75, 3.05) is 0 Å². The van der Waals surface area contributed by atoms with E-state index in [2.05, 4.69) is 0 Å². The van der Waals surface area contributed by atoms with Crippen molar-refractivity contribution in [3.63, 3.8) is 0 Å². The lowest BCUT2D eigenvalue weighted by Crippen LogP contribution is -2.43. The summed E-state index contributed by atoms with van der Waals surface area (Å²) in [6.45, 7) is 6.77. The van der Waals surface area contributed by atoms with Gasteiger partial charge in [-0.25, -0.2) is 0 Å². The molecule has 4 heteroatoms. The second kappa shape index (κ2) is 5.93. The van der Waals surface area contributed by atoms with E-state index in [0.29, 0.717) is 12.3 Å². The Hall–Kier alpha value is -1.06. The Labute approximate surface area is 115 Å². The molecule has 1 aliphatic carbocycles. The van der Waals surface area contributed by atoms with E-state index in [1.807, 2.05) is 0 Å². The first-order chi connectivity index (χ1) is 8.65. The van der Waals surface area contributed by atoms with E-state index in [1.165, 1.54) is 13.3 Å². The number of hydrogen-bond acceptors (Lipinski definition) is 3. The summed E-state index contributed by atoms with van der Waals surface area (Å²) in [6.07, 6.45) is 5.91. The van der Waals surface area contributed by atoms with Crippen molar-refractivity contribution in [1.29, 1.82) is 0 Å². The maximum atomic E-state index is 12.2. The molecular formula is C15H26O4. The van der Waals surface area contributed by atoms with Crippen LogP contribution in [0, 0.1) is 11.3 Å². The molecule has 0 spiro atoms. The molecule has 0 unspecified atom stereocenters. The van der Waals surface area contributed by atoms with Crippen molar-refractivity contribution in [3.8, 4) is 0 Å². The van der Waals surface area contributed by atoms with Gasteiger partial charge in [-0.15, -0.1) is 0 Å². The van der Waals surface area contributed by atoms with Crippen LogP contribution in [0.2, 0.25) is 0 Å². The van der Waals surface area contributed by atoms with E-state index in [0.717, 1.165) is 25.7 Å². The van der Waals surface area contributed by atoms with Gasteiger partial charge >= 0.3 is 11.9 Å². The Morgan fingerprint density at radius 2 is 1.63 bits per heavy atom. The molecule has 0 radical (unpaired) electrons. The Bertz CT molecular complexity index is 337. The van der Waals surface area contributed by atoms with Crippen LogP contribution in [-0.4, -0.2) is 22.6 Å². The second-order valence-electron chi connectivity index (χ2n) is 6.85. The van der Waals surface area contributed by atoms with E-state index >= 15 is 0 Å². The van der Waals surface area contributed by atoms with E-state index < -0.39 is 23.0 Å². The maximum absolute atomic E-state index is 12.2. The Kier molecular flexibility index (Phi) is 4.99. The largest absolute Gasteiger partial charge is 0.480 e. The number of esters is 1. The van der Waals surface area contributed by atoms with Crippen molar-refractivity contribution in [2.24, 2.45) is 11.3 Å². The third kappa shape index (κ3) is 4.51. The molecule has 1 atom stereocenters. The molecule has 0 amide bonds. The molecule has 0 bridgehead atoms. The minimum Gasteiger partial charge on any atom is -0.480 e. The molecule has 0 aromatic carbocycles. The van der Waals surface area contributed by atoms with Crippen LogP contribution >= 0.6 is 0 Å². The molecule has 1 saturated carbocycles. The summed E-state index contributed by atoms with van der Waals surface area (Å²) in [4.78, 5) is 23.7. The zero-order chi connectivity index (χ0) is 14.7. The van der Waals surface area contributed by atoms with Gasteiger partial charge in [-0.2, -0.15) is 0 Å². The predicted molar refractivity (Wildman–Crippen MR) is 72.8 cm³/mol. The number of carbonyl (C=O) groups excluding carboxylic acids is 1. The van der Waals surface area contributed by atoms with Crippen LogP contribution in [-0.2, 0) is 14.3 Å². The lowest BCUT2D eigenvalue weighted by Gasteiger charge is -2.32. The fourth-order valence-corrected chi connectivity index (χ4v) is 2.62. The number of hydrogen-bond donors (Lipinski definition) is 1. The number of carbonyl (C=O) groups is 2. The van der Waals surface area contributed by atoms with Gasteiger partial charge in [0.15, 0.2) is 5.41 Å². The molecule has 1 rings (SSSR count). The third-order valence-electron chi connectivity index (χ3n) is 3.74. The number of ether oxygens (including phenoxy) is 1. The molecule has 0 aliphatic heterocycles. The van der Waals surface area contributed by atoms with Crippen LogP contribution in [0.4, 0.5) is 0 Å². The van der Waals surface area contributed by atoms with Crippen molar-refractivity contribution in [3.05, 3.63) is 0 Å². The monoisotopic (exact) mass is 270 g/mol. The van der Waals surface area contributed by atoms with Gasteiger partial charge in [-0.1, -0.05) is 32.1 Å². The van der Waals surface area contributed by atoms with Crippen LogP contribution in [0.1, 0.15) is 66.2 Å². The van der Waals surface area contributed by atoms with E-state index in [4.69, 9.17) is 4.74 Å². The number of rotatable bonds is 4. The van der Waals surface area contributed by atoms with Gasteiger partial charge in [0.1, 0.15) is 5.60 Å². The molecule has 1 aliphatic rings. The Morgan fingerprint density at radius 3 is 2.05 bits per heavy atom. The molecule has 0 saturated heterocycles. The summed E-state index contributed by atoms with van der Waals surface area (Å²) in [7, 11) is 0. The van der Waals surface area contributed by atoms with Gasteiger partial charge in [0.25, 0.3) is 0 Å².